The normalized spacial score (nSPS) is 10.4. The predicted molar refractivity (Wildman–Crippen MR) is 87.2 cm³/mol. The molecule has 120 valence electrons. The van der Waals surface area contributed by atoms with Gasteiger partial charge in [-0.15, -0.1) is 0 Å². The van der Waals surface area contributed by atoms with Crippen molar-refractivity contribution in [3.63, 3.8) is 0 Å². The highest BCUT2D eigenvalue weighted by Gasteiger charge is 2.08. The Morgan fingerprint density at radius 3 is 2.17 bits per heavy atom. The first-order chi connectivity index (χ1) is 11.6. The van der Waals surface area contributed by atoms with E-state index >= 15 is 0 Å². The SMILES string of the molecule is O=C(NCc1ccc(F)cc1)c1cncc(-c2ccc(F)cc2)c1. The molecule has 0 radical (unpaired) electrons. The largest absolute Gasteiger partial charge is 0.348 e. The van der Waals surface area contributed by atoms with Gasteiger partial charge in [0, 0.05) is 24.5 Å². The zero-order valence-corrected chi connectivity index (χ0v) is 12.7. The van der Waals surface area contributed by atoms with Gasteiger partial charge in [-0.1, -0.05) is 24.3 Å². The smallest absolute Gasteiger partial charge is 0.253 e. The Balaban J connectivity index is 1.72. The van der Waals surface area contributed by atoms with Crippen molar-refractivity contribution in [1.29, 1.82) is 0 Å². The molecule has 5 heteroatoms. The van der Waals surface area contributed by atoms with Crippen LogP contribution in [0.3, 0.4) is 0 Å². The molecule has 0 fully saturated rings. The molecule has 24 heavy (non-hydrogen) atoms. The van der Waals surface area contributed by atoms with E-state index in [0.29, 0.717) is 12.1 Å². The second-order valence-corrected chi connectivity index (χ2v) is 5.28. The summed E-state index contributed by atoms with van der Waals surface area (Å²) in [5.41, 5.74) is 2.70. The zero-order valence-electron chi connectivity index (χ0n) is 12.7. The summed E-state index contributed by atoms with van der Waals surface area (Å²) < 4.78 is 25.9. The standard InChI is InChI=1S/C19H14F2N2O/c20-17-5-1-13(2-6-17)10-23-19(24)16-9-15(11-22-12-16)14-3-7-18(21)8-4-14/h1-9,11-12H,10H2,(H,23,24). The topological polar surface area (TPSA) is 42.0 Å². The van der Waals surface area contributed by atoms with Crippen LogP contribution in [0.15, 0.2) is 67.0 Å². The summed E-state index contributed by atoms with van der Waals surface area (Å²) >= 11 is 0. The molecule has 0 saturated carbocycles. The lowest BCUT2D eigenvalue weighted by molar-refractivity contribution is 0.0950. The third-order valence-corrected chi connectivity index (χ3v) is 3.54. The first-order valence-electron chi connectivity index (χ1n) is 7.35. The molecule has 0 aliphatic carbocycles. The average Bonchev–Trinajstić information content (AvgIpc) is 2.62. The van der Waals surface area contributed by atoms with Crippen molar-refractivity contribution in [2.24, 2.45) is 0 Å². The summed E-state index contributed by atoms with van der Waals surface area (Å²) in [5, 5.41) is 2.76. The average molecular weight is 324 g/mol. The van der Waals surface area contributed by atoms with E-state index in [2.05, 4.69) is 10.3 Å². The quantitative estimate of drug-likeness (QED) is 0.789. The fourth-order valence-electron chi connectivity index (χ4n) is 2.25. The molecule has 0 saturated heterocycles. The molecule has 3 aromatic rings. The highest BCUT2D eigenvalue weighted by Crippen LogP contribution is 2.19. The van der Waals surface area contributed by atoms with Crippen LogP contribution in [0, 0.1) is 11.6 Å². The van der Waals surface area contributed by atoms with Gasteiger partial charge in [0.1, 0.15) is 11.6 Å². The first kappa shape index (κ1) is 15.8. The number of halogens is 2. The number of amides is 1. The third kappa shape index (κ3) is 3.81. The number of nitrogens with zero attached hydrogens (tertiary/aromatic N) is 1. The number of rotatable bonds is 4. The van der Waals surface area contributed by atoms with E-state index in [-0.39, 0.29) is 17.5 Å². The van der Waals surface area contributed by atoms with Gasteiger partial charge < -0.3 is 5.32 Å². The van der Waals surface area contributed by atoms with Crippen molar-refractivity contribution >= 4 is 5.91 Å². The Kier molecular flexibility index (Phi) is 4.61. The Morgan fingerprint density at radius 1 is 0.875 bits per heavy atom. The highest BCUT2D eigenvalue weighted by molar-refractivity contribution is 5.95. The lowest BCUT2D eigenvalue weighted by Crippen LogP contribution is -2.22. The highest BCUT2D eigenvalue weighted by atomic mass is 19.1. The second kappa shape index (κ2) is 7.00. The number of hydrogen-bond acceptors (Lipinski definition) is 2. The monoisotopic (exact) mass is 324 g/mol. The van der Waals surface area contributed by atoms with Gasteiger partial charge in [-0.05, 0) is 41.5 Å². The molecule has 1 heterocycles. The second-order valence-electron chi connectivity index (χ2n) is 5.28. The van der Waals surface area contributed by atoms with Gasteiger partial charge >= 0.3 is 0 Å². The number of hydrogen-bond donors (Lipinski definition) is 1. The van der Waals surface area contributed by atoms with E-state index in [1.54, 1.807) is 36.5 Å². The summed E-state index contributed by atoms with van der Waals surface area (Å²) in [6.07, 6.45) is 3.08. The lowest BCUT2D eigenvalue weighted by atomic mass is 10.1. The predicted octanol–water partition coefficient (Wildman–Crippen LogP) is 3.96. The number of carbonyl (C=O) groups is 1. The molecular weight excluding hydrogens is 310 g/mol. The summed E-state index contributed by atoms with van der Waals surface area (Å²) in [6, 6.07) is 13.6. The van der Waals surface area contributed by atoms with Crippen molar-refractivity contribution in [1.82, 2.24) is 10.3 Å². The molecule has 1 aromatic heterocycles. The number of aromatic nitrogens is 1. The molecule has 0 aliphatic heterocycles. The summed E-state index contributed by atoms with van der Waals surface area (Å²) in [5.74, 6) is -0.919. The molecular formula is C19H14F2N2O. The van der Waals surface area contributed by atoms with Crippen LogP contribution in [0.4, 0.5) is 8.78 Å². The molecule has 0 atom stereocenters. The summed E-state index contributed by atoms with van der Waals surface area (Å²) in [4.78, 5) is 16.3. The molecule has 0 unspecified atom stereocenters. The van der Waals surface area contributed by atoms with E-state index in [1.165, 1.54) is 30.5 Å². The molecule has 1 amide bonds. The molecule has 0 aliphatic rings. The van der Waals surface area contributed by atoms with Crippen molar-refractivity contribution in [3.05, 3.63) is 89.8 Å². The van der Waals surface area contributed by atoms with Gasteiger partial charge in [0.25, 0.3) is 5.91 Å². The van der Waals surface area contributed by atoms with Gasteiger partial charge in [0.15, 0.2) is 0 Å². The maximum Gasteiger partial charge on any atom is 0.253 e. The fraction of sp³-hybridized carbons (Fsp3) is 0.0526. The fourth-order valence-corrected chi connectivity index (χ4v) is 2.25. The van der Waals surface area contributed by atoms with Crippen LogP contribution in [0.25, 0.3) is 11.1 Å². The lowest BCUT2D eigenvalue weighted by Gasteiger charge is -2.07. The molecule has 3 rings (SSSR count). The van der Waals surface area contributed by atoms with Crippen LogP contribution in [0.5, 0.6) is 0 Å². The van der Waals surface area contributed by atoms with Crippen LogP contribution < -0.4 is 5.32 Å². The van der Waals surface area contributed by atoms with E-state index in [4.69, 9.17) is 0 Å². The van der Waals surface area contributed by atoms with Gasteiger partial charge in [-0.25, -0.2) is 8.78 Å². The van der Waals surface area contributed by atoms with Crippen LogP contribution in [0.1, 0.15) is 15.9 Å². The van der Waals surface area contributed by atoms with Crippen LogP contribution in [0.2, 0.25) is 0 Å². The van der Waals surface area contributed by atoms with E-state index in [1.807, 2.05) is 0 Å². The van der Waals surface area contributed by atoms with E-state index in [0.717, 1.165) is 16.7 Å². The molecule has 0 spiro atoms. The first-order valence-corrected chi connectivity index (χ1v) is 7.35. The van der Waals surface area contributed by atoms with E-state index < -0.39 is 0 Å². The summed E-state index contributed by atoms with van der Waals surface area (Å²) in [6.45, 7) is 0.292. The van der Waals surface area contributed by atoms with Crippen LogP contribution in [-0.2, 0) is 6.54 Å². The molecule has 3 nitrogen and oxygen atoms in total. The van der Waals surface area contributed by atoms with Crippen molar-refractivity contribution in [2.75, 3.05) is 0 Å². The van der Waals surface area contributed by atoms with Crippen molar-refractivity contribution in [3.8, 4) is 11.1 Å². The Labute approximate surface area is 138 Å². The van der Waals surface area contributed by atoms with E-state index in [9.17, 15) is 13.6 Å². The maximum atomic E-state index is 13.0. The number of nitrogens with one attached hydrogen (secondary N) is 1. The number of carbonyl (C=O) groups excluding carboxylic acids is 1. The Morgan fingerprint density at radius 2 is 1.50 bits per heavy atom. The Bertz CT molecular complexity index is 846. The van der Waals surface area contributed by atoms with Crippen molar-refractivity contribution < 1.29 is 13.6 Å². The maximum absolute atomic E-state index is 13.0. The van der Waals surface area contributed by atoms with Gasteiger partial charge in [-0.2, -0.15) is 0 Å². The van der Waals surface area contributed by atoms with Crippen LogP contribution >= 0.6 is 0 Å². The van der Waals surface area contributed by atoms with Crippen molar-refractivity contribution in [2.45, 2.75) is 6.54 Å². The minimum atomic E-state index is -0.320. The molecule has 1 N–H and O–H groups in total. The molecule has 0 bridgehead atoms. The molecule has 2 aromatic carbocycles. The van der Waals surface area contributed by atoms with Gasteiger partial charge in [0.2, 0.25) is 0 Å². The summed E-state index contributed by atoms with van der Waals surface area (Å²) in [7, 11) is 0. The van der Waals surface area contributed by atoms with Crippen LogP contribution in [-0.4, -0.2) is 10.9 Å². The minimum absolute atomic E-state index is 0.282. The Hall–Kier alpha value is -3.08. The minimum Gasteiger partial charge on any atom is -0.348 e. The van der Waals surface area contributed by atoms with Gasteiger partial charge in [0.05, 0.1) is 5.56 Å². The zero-order chi connectivity index (χ0) is 16.9. The number of pyridine rings is 1. The van der Waals surface area contributed by atoms with Gasteiger partial charge in [-0.3, -0.25) is 9.78 Å². The number of benzene rings is 2. The third-order valence-electron chi connectivity index (χ3n) is 3.54.